The first-order chi connectivity index (χ1) is 10.8. The number of rotatable bonds is 5. The SMILES string of the molecule is COc1cc(Cc2cc(-c3ccccc3)n[nH]2)cc(OC)c1. The van der Waals surface area contributed by atoms with Crippen LogP contribution in [0.4, 0.5) is 0 Å². The molecule has 0 bridgehead atoms. The molecule has 0 spiro atoms. The Morgan fingerprint density at radius 3 is 2.23 bits per heavy atom. The molecule has 112 valence electrons. The molecule has 1 heterocycles. The van der Waals surface area contributed by atoms with Crippen LogP contribution < -0.4 is 9.47 Å². The van der Waals surface area contributed by atoms with Gasteiger partial charge in [0.1, 0.15) is 11.5 Å². The van der Waals surface area contributed by atoms with Crippen LogP contribution in [0.15, 0.2) is 54.6 Å². The third kappa shape index (κ3) is 3.11. The molecule has 0 amide bonds. The highest BCUT2D eigenvalue weighted by Crippen LogP contribution is 2.25. The van der Waals surface area contributed by atoms with Gasteiger partial charge in [0.05, 0.1) is 19.9 Å². The minimum absolute atomic E-state index is 0.743. The predicted molar refractivity (Wildman–Crippen MR) is 86.4 cm³/mol. The van der Waals surface area contributed by atoms with Crippen molar-refractivity contribution in [1.82, 2.24) is 10.2 Å². The molecule has 4 heteroatoms. The van der Waals surface area contributed by atoms with E-state index >= 15 is 0 Å². The smallest absolute Gasteiger partial charge is 0.122 e. The van der Waals surface area contributed by atoms with Gasteiger partial charge in [-0.05, 0) is 23.8 Å². The zero-order valence-electron chi connectivity index (χ0n) is 12.7. The van der Waals surface area contributed by atoms with E-state index in [0.717, 1.165) is 40.4 Å². The first kappa shape index (κ1) is 14.2. The van der Waals surface area contributed by atoms with Gasteiger partial charge in [-0.25, -0.2) is 0 Å². The Labute approximate surface area is 129 Å². The zero-order chi connectivity index (χ0) is 15.4. The maximum atomic E-state index is 5.30. The first-order valence-corrected chi connectivity index (χ1v) is 7.10. The minimum atomic E-state index is 0.743. The molecule has 0 unspecified atom stereocenters. The van der Waals surface area contributed by atoms with Crippen LogP contribution in [0, 0.1) is 0 Å². The van der Waals surface area contributed by atoms with Crippen LogP contribution in [-0.2, 0) is 6.42 Å². The van der Waals surface area contributed by atoms with Gasteiger partial charge in [0, 0.05) is 23.7 Å². The summed E-state index contributed by atoms with van der Waals surface area (Å²) in [6.07, 6.45) is 0.743. The molecule has 1 N–H and O–H groups in total. The van der Waals surface area contributed by atoms with Crippen LogP contribution in [0.25, 0.3) is 11.3 Å². The molecule has 0 saturated heterocycles. The van der Waals surface area contributed by atoms with Gasteiger partial charge < -0.3 is 9.47 Å². The Morgan fingerprint density at radius 2 is 1.59 bits per heavy atom. The average molecular weight is 294 g/mol. The molecule has 4 nitrogen and oxygen atoms in total. The lowest BCUT2D eigenvalue weighted by atomic mass is 10.1. The van der Waals surface area contributed by atoms with Crippen molar-refractivity contribution >= 4 is 0 Å². The number of nitrogens with zero attached hydrogens (tertiary/aromatic N) is 1. The highest BCUT2D eigenvalue weighted by molar-refractivity contribution is 5.59. The van der Waals surface area contributed by atoms with Crippen molar-refractivity contribution in [3.63, 3.8) is 0 Å². The summed E-state index contributed by atoms with van der Waals surface area (Å²) < 4.78 is 10.6. The molecule has 2 aromatic carbocycles. The Morgan fingerprint density at radius 1 is 0.909 bits per heavy atom. The summed E-state index contributed by atoms with van der Waals surface area (Å²) in [7, 11) is 3.31. The third-order valence-corrected chi connectivity index (χ3v) is 3.51. The molecule has 0 atom stereocenters. The van der Waals surface area contributed by atoms with Gasteiger partial charge in [0.25, 0.3) is 0 Å². The fraction of sp³-hybridized carbons (Fsp3) is 0.167. The van der Waals surface area contributed by atoms with E-state index in [0.29, 0.717) is 0 Å². The zero-order valence-corrected chi connectivity index (χ0v) is 12.7. The average Bonchev–Trinajstić information content (AvgIpc) is 3.03. The molecular formula is C18H18N2O2. The van der Waals surface area contributed by atoms with Crippen molar-refractivity contribution in [3.8, 4) is 22.8 Å². The number of H-pyrrole nitrogens is 1. The number of hydrogen-bond acceptors (Lipinski definition) is 3. The van der Waals surface area contributed by atoms with Crippen LogP contribution >= 0.6 is 0 Å². The highest BCUT2D eigenvalue weighted by Gasteiger charge is 2.07. The van der Waals surface area contributed by atoms with Gasteiger partial charge in [-0.3, -0.25) is 5.10 Å². The third-order valence-electron chi connectivity index (χ3n) is 3.51. The molecular weight excluding hydrogens is 276 g/mol. The fourth-order valence-corrected chi connectivity index (χ4v) is 2.40. The van der Waals surface area contributed by atoms with Crippen LogP contribution in [0.2, 0.25) is 0 Å². The molecule has 0 saturated carbocycles. The van der Waals surface area contributed by atoms with E-state index in [1.54, 1.807) is 14.2 Å². The topological polar surface area (TPSA) is 47.1 Å². The van der Waals surface area contributed by atoms with Crippen LogP contribution in [0.3, 0.4) is 0 Å². The second kappa shape index (κ2) is 6.35. The quantitative estimate of drug-likeness (QED) is 0.780. The lowest BCUT2D eigenvalue weighted by Gasteiger charge is -2.07. The van der Waals surface area contributed by atoms with Gasteiger partial charge in [-0.15, -0.1) is 0 Å². The van der Waals surface area contributed by atoms with E-state index < -0.39 is 0 Å². The van der Waals surface area contributed by atoms with Gasteiger partial charge in [0.15, 0.2) is 0 Å². The number of methoxy groups -OCH3 is 2. The standard InChI is InChI=1S/C18H18N2O2/c1-21-16-9-13(10-17(12-16)22-2)8-15-11-18(20-19-15)14-6-4-3-5-7-14/h3-7,9-12H,8H2,1-2H3,(H,19,20). The van der Waals surface area contributed by atoms with Crippen LogP contribution in [0.1, 0.15) is 11.3 Å². The van der Waals surface area contributed by atoms with Gasteiger partial charge >= 0.3 is 0 Å². The van der Waals surface area contributed by atoms with E-state index in [1.807, 2.05) is 36.4 Å². The van der Waals surface area contributed by atoms with Crippen molar-refractivity contribution in [2.45, 2.75) is 6.42 Å². The monoisotopic (exact) mass is 294 g/mol. The Balaban J connectivity index is 1.83. The minimum Gasteiger partial charge on any atom is -0.497 e. The molecule has 0 fully saturated rings. The number of aromatic nitrogens is 2. The maximum Gasteiger partial charge on any atom is 0.122 e. The second-order valence-corrected chi connectivity index (χ2v) is 5.04. The normalized spacial score (nSPS) is 10.5. The van der Waals surface area contributed by atoms with E-state index in [1.165, 1.54) is 0 Å². The molecule has 3 aromatic rings. The van der Waals surface area contributed by atoms with Gasteiger partial charge in [-0.1, -0.05) is 30.3 Å². The van der Waals surface area contributed by atoms with E-state index in [9.17, 15) is 0 Å². The van der Waals surface area contributed by atoms with Crippen molar-refractivity contribution in [2.24, 2.45) is 0 Å². The second-order valence-electron chi connectivity index (χ2n) is 5.04. The van der Waals surface area contributed by atoms with E-state index in [-0.39, 0.29) is 0 Å². The summed E-state index contributed by atoms with van der Waals surface area (Å²) in [6.45, 7) is 0. The summed E-state index contributed by atoms with van der Waals surface area (Å²) in [5.41, 5.74) is 4.22. The Hall–Kier alpha value is -2.75. The molecule has 0 aliphatic carbocycles. The molecule has 1 aromatic heterocycles. The van der Waals surface area contributed by atoms with Crippen molar-refractivity contribution < 1.29 is 9.47 Å². The van der Waals surface area contributed by atoms with Gasteiger partial charge in [-0.2, -0.15) is 5.10 Å². The number of benzene rings is 2. The summed E-state index contributed by atoms with van der Waals surface area (Å²) >= 11 is 0. The molecule has 0 aliphatic heterocycles. The summed E-state index contributed by atoms with van der Waals surface area (Å²) in [5.74, 6) is 1.58. The lowest BCUT2D eigenvalue weighted by Crippen LogP contribution is -1.93. The molecule has 0 radical (unpaired) electrons. The van der Waals surface area contributed by atoms with Crippen molar-refractivity contribution in [3.05, 3.63) is 65.9 Å². The number of aromatic amines is 1. The highest BCUT2D eigenvalue weighted by atomic mass is 16.5. The number of hydrogen-bond donors (Lipinski definition) is 1. The van der Waals surface area contributed by atoms with E-state index in [2.05, 4.69) is 28.4 Å². The van der Waals surface area contributed by atoms with Crippen LogP contribution in [0.5, 0.6) is 11.5 Å². The largest absolute Gasteiger partial charge is 0.497 e. The van der Waals surface area contributed by atoms with Crippen LogP contribution in [-0.4, -0.2) is 24.4 Å². The molecule has 3 rings (SSSR count). The van der Waals surface area contributed by atoms with Crippen molar-refractivity contribution in [2.75, 3.05) is 14.2 Å². The molecule has 0 aliphatic rings. The summed E-state index contributed by atoms with van der Waals surface area (Å²) in [6, 6.07) is 18.1. The van der Waals surface area contributed by atoms with Crippen molar-refractivity contribution in [1.29, 1.82) is 0 Å². The number of nitrogens with one attached hydrogen (secondary N) is 1. The Bertz CT molecular complexity index is 729. The lowest BCUT2D eigenvalue weighted by molar-refractivity contribution is 0.393. The number of ether oxygens (including phenoxy) is 2. The maximum absolute atomic E-state index is 5.30. The summed E-state index contributed by atoms with van der Waals surface area (Å²) in [4.78, 5) is 0. The van der Waals surface area contributed by atoms with E-state index in [4.69, 9.17) is 9.47 Å². The Kier molecular flexibility index (Phi) is 4.10. The van der Waals surface area contributed by atoms with Gasteiger partial charge in [0.2, 0.25) is 0 Å². The first-order valence-electron chi connectivity index (χ1n) is 7.10. The predicted octanol–water partition coefficient (Wildman–Crippen LogP) is 3.68. The fourth-order valence-electron chi connectivity index (χ4n) is 2.40. The summed E-state index contributed by atoms with van der Waals surface area (Å²) in [5, 5.41) is 7.48. The molecule has 22 heavy (non-hydrogen) atoms.